The van der Waals surface area contributed by atoms with Crippen molar-refractivity contribution in [3.05, 3.63) is 41.2 Å². The normalized spacial score (nSPS) is 16.5. The second kappa shape index (κ2) is 8.37. The molecule has 1 amide bonds. The Bertz CT molecular complexity index is 1120. The van der Waals surface area contributed by atoms with Crippen molar-refractivity contribution in [2.24, 2.45) is 0 Å². The quantitative estimate of drug-likeness (QED) is 0.445. The molecule has 5 rings (SSSR count). The van der Waals surface area contributed by atoms with E-state index in [4.69, 9.17) is 26.1 Å². The molecular weight excluding hydrogens is 420 g/mol. The molecule has 1 aromatic carbocycles. The topological polar surface area (TPSA) is 88.7 Å². The number of hydrogen-bond donors (Lipinski definition) is 2. The lowest BCUT2D eigenvalue weighted by molar-refractivity contribution is -0.177. The Morgan fingerprint density at radius 2 is 2.10 bits per heavy atom. The predicted molar refractivity (Wildman–Crippen MR) is 118 cm³/mol. The van der Waals surface area contributed by atoms with Gasteiger partial charge in [-0.2, -0.15) is 4.89 Å². The molecule has 31 heavy (non-hydrogen) atoms. The molecule has 1 saturated heterocycles. The Kier molecular flexibility index (Phi) is 5.43. The zero-order valence-corrected chi connectivity index (χ0v) is 17.9. The molecule has 3 heterocycles. The number of carbonyl (C=O) groups is 1. The van der Waals surface area contributed by atoms with Gasteiger partial charge in [0.15, 0.2) is 5.75 Å². The van der Waals surface area contributed by atoms with Crippen molar-refractivity contribution < 1.29 is 19.3 Å². The van der Waals surface area contributed by atoms with Crippen LogP contribution in [0.25, 0.3) is 22.2 Å². The minimum atomic E-state index is -0.0608. The van der Waals surface area contributed by atoms with Crippen LogP contribution < -0.4 is 10.2 Å². The summed E-state index contributed by atoms with van der Waals surface area (Å²) in [6, 6.07) is 5.79. The molecule has 2 N–H and O–H groups in total. The zero-order chi connectivity index (χ0) is 21.4. The average Bonchev–Trinajstić information content (AvgIpc) is 3.54. The number of ether oxygens (including phenoxy) is 1. The first-order valence-corrected chi connectivity index (χ1v) is 10.7. The van der Waals surface area contributed by atoms with Gasteiger partial charge in [-0.15, -0.1) is 0 Å². The number of H-pyrrole nitrogens is 1. The molecule has 1 saturated carbocycles. The maximum Gasteiger partial charge on any atom is 0.254 e. The lowest BCUT2D eigenvalue weighted by Gasteiger charge is -2.27. The third kappa shape index (κ3) is 3.94. The number of carbonyl (C=O) groups excluding carboxylic acids is 1. The molecule has 2 fully saturated rings. The molecule has 8 nitrogen and oxygen atoms in total. The summed E-state index contributed by atoms with van der Waals surface area (Å²) in [6.45, 7) is 2.24. The van der Waals surface area contributed by atoms with Gasteiger partial charge in [0.1, 0.15) is 5.65 Å². The largest absolute Gasteiger partial charge is 0.381 e. The number of aromatic amines is 1. The van der Waals surface area contributed by atoms with Gasteiger partial charge in [0, 0.05) is 48.2 Å². The van der Waals surface area contributed by atoms with E-state index < -0.39 is 0 Å². The highest BCUT2D eigenvalue weighted by molar-refractivity contribution is 6.36. The Labute approximate surface area is 184 Å². The van der Waals surface area contributed by atoms with Crippen molar-refractivity contribution in [2.75, 3.05) is 38.7 Å². The lowest BCUT2D eigenvalue weighted by atomic mass is 10.0. The fraction of sp³-hybridized carbons (Fsp3) is 0.364. The van der Waals surface area contributed by atoms with Crippen LogP contribution in [-0.4, -0.2) is 60.2 Å². The van der Waals surface area contributed by atoms with Crippen LogP contribution >= 0.6 is 11.6 Å². The van der Waals surface area contributed by atoms with Crippen molar-refractivity contribution >= 4 is 34.2 Å². The summed E-state index contributed by atoms with van der Waals surface area (Å²) in [7, 11) is 1.44. The second-order valence-electron chi connectivity index (χ2n) is 7.69. The third-order valence-corrected chi connectivity index (χ3v) is 5.87. The summed E-state index contributed by atoms with van der Waals surface area (Å²) in [5.74, 6) is 0.377. The molecular formula is C22H23ClN4O4. The highest BCUT2D eigenvalue weighted by Gasteiger charge is 2.27. The fourth-order valence-electron chi connectivity index (χ4n) is 3.83. The molecule has 2 aromatic heterocycles. The van der Waals surface area contributed by atoms with E-state index >= 15 is 0 Å². The number of benzene rings is 1. The molecule has 2 aliphatic rings. The van der Waals surface area contributed by atoms with E-state index in [2.05, 4.69) is 15.3 Å². The Morgan fingerprint density at radius 3 is 2.84 bits per heavy atom. The Morgan fingerprint density at radius 1 is 1.29 bits per heavy atom. The summed E-state index contributed by atoms with van der Waals surface area (Å²) < 4.78 is 5.35. The third-order valence-electron chi connectivity index (χ3n) is 5.57. The van der Waals surface area contributed by atoms with Crippen LogP contribution in [0.15, 0.2) is 30.6 Å². The van der Waals surface area contributed by atoms with Gasteiger partial charge in [-0.25, -0.2) is 4.98 Å². The van der Waals surface area contributed by atoms with Crippen LogP contribution in [0.4, 0.5) is 5.69 Å². The van der Waals surface area contributed by atoms with E-state index in [1.165, 1.54) is 7.11 Å². The molecule has 0 bridgehead atoms. The van der Waals surface area contributed by atoms with Gasteiger partial charge in [-0.1, -0.05) is 11.6 Å². The zero-order valence-electron chi connectivity index (χ0n) is 17.1. The van der Waals surface area contributed by atoms with Crippen LogP contribution in [0.2, 0.25) is 5.02 Å². The lowest BCUT2D eigenvalue weighted by Crippen LogP contribution is -2.40. The predicted octanol–water partition coefficient (Wildman–Crippen LogP) is 3.87. The van der Waals surface area contributed by atoms with Gasteiger partial charge in [-0.3, -0.25) is 4.79 Å². The summed E-state index contributed by atoms with van der Waals surface area (Å²) in [6.07, 6.45) is 5.73. The number of fused-ring (bicyclic) bond motifs is 1. The molecule has 0 radical (unpaired) electrons. The van der Waals surface area contributed by atoms with Crippen molar-refractivity contribution in [3.63, 3.8) is 0 Å². The van der Waals surface area contributed by atoms with Crippen LogP contribution in [0.1, 0.15) is 23.2 Å². The van der Waals surface area contributed by atoms with Crippen LogP contribution in [-0.2, 0) is 9.62 Å². The van der Waals surface area contributed by atoms with E-state index in [1.54, 1.807) is 29.4 Å². The monoisotopic (exact) mass is 442 g/mol. The smallest absolute Gasteiger partial charge is 0.254 e. The summed E-state index contributed by atoms with van der Waals surface area (Å²) in [5.41, 5.74) is 3.73. The summed E-state index contributed by atoms with van der Waals surface area (Å²) in [5, 5.41) is 5.02. The molecule has 1 aliphatic carbocycles. The Hall–Kier alpha value is -2.81. The summed E-state index contributed by atoms with van der Waals surface area (Å²) >= 11 is 6.47. The van der Waals surface area contributed by atoms with Crippen molar-refractivity contribution in [1.29, 1.82) is 0 Å². The number of nitrogens with zero attached hydrogens (tertiary/aromatic N) is 2. The van der Waals surface area contributed by atoms with Gasteiger partial charge in [0.05, 0.1) is 36.4 Å². The van der Waals surface area contributed by atoms with Crippen molar-refractivity contribution in [2.45, 2.75) is 18.9 Å². The van der Waals surface area contributed by atoms with Gasteiger partial charge in [-0.05, 0) is 31.0 Å². The molecule has 0 spiro atoms. The van der Waals surface area contributed by atoms with Crippen molar-refractivity contribution in [1.82, 2.24) is 14.9 Å². The highest BCUT2D eigenvalue weighted by Crippen LogP contribution is 2.43. The van der Waals surface area contributed by atoms with Crippen LogP contribution in [0.3, 0.4) is 0 Å². The molecule has 1 aliphatic heterocycles. The first-order valence-electron chi connectivity index (χ1n) is 10.3. The van der Waals surface area contributed by atoms with Crippen molar-refractivity contribution in [3.8, 4) is 16.9 Å². The number of hydrogen-bond acceptors (Lipinski definition) is 6. The molecule has 0 atom stereocenters. The van der Waals surface area contributed by atoms with E-state index in [-0.39, 0.29) is 5.91 Å². The molecule has 0 unspecified atom stereocenters. The second-order valence-corrected chi connectivity index (χ2v) is 8.10. The highest BCUT2D eigenvalue weighted by atomic mass is 35.5. The van der Waals surface area contributed by atoms with Gasteiger partial charge >= 0.3 is 0 Å². The maximum atomic E-state index is 12.9. The van der Waals surface area contributed by atoms with E-state index in [1.807, 2.05) is 6.07 Å². The average molecular weight is 443 g/mol. The standard InChI is InChI=1S/C22H23ClN4O4/c1-29-31-18-10-13(22(28)27-6-8-30-9-7-27)2-5-15(18)16-11-24-21-19(17(23)12-25-21)20(16)26-14-3-4-14/h2,5,10-12,14H,3-4,6-9H2,1H3,(H2,24,25,26). The number of pyridine rings is 1. The molecule has 162 valence electrons. The minimum Gasteiger partial charge on any atom is -0.381 e. The van der Waals surface area contributed by atoms with Crippen LogP contribution in [0, 0.1) is 0 Å². The van der Waals surface area contributed by atoms with Crippen LogP contribution in [0.5, 0.6) is 5.75 Å². The Balaban J connectivity index is 1.58. The number of aromatic nitrogens is 2. The fourth-order valence-corrected chi connectivity index (χ4v) is 4.07. The number of rotatable bonds is 6. The first-order chi connectivity index (χ1) is 15.2. The maximum absolute atomic E-state index is 12.9. The first kappa shape index (κ1) is 20.1. The van der Waals surface area contributed by atoms with E-state index in [0.717, 1.165) is 35.0 Å². The van der Waals surface area contributed by atoms with Gasteiger partial charge in [0.25, 0.3) is 5.91 Å². The SMILES string of the molecule is COOc1cc(C(=O)N2CCOCC2)ccc1-c1cnc2[nH]cc(Cl)c2c1NC1CC1. The van der Waals surface area contributed by atoms with E-state index in [0.29, 0.717) is 54.3 Å². The van der Waals surface area contributed by atoms with E-state index in [9.17, 15) is 4.79 Å². The summed E-state index contributed by atoms with van der Waals surface area (Å²) in [4.78, 5) is 32.8. The minimum absolute atomic E-state index is 0.0608. The molecule has 3 aromatic rings. The number of morpholine rings is 1. The molecule has 9 heteroatoms. The van der Waals surface area contributed by atoms with Gasteiger partial charge < -0.3 is 24.8 Å². The van der Waals surface area contributed by atoms with Gasteiger partial charge in [0.2, 0.25) is 0 Å². The number of nitrogens with one attached hydrogen (secondary N) is 2. The number of amides is 1. The number of halogens is 1. The number of anilines is 1.